The number of fused-ring (bicyclic) bond motifs is 7. The maximum Gasteiger partial charge on any atom is 0.208 e. The molecular weight excluding hydrogens is 811 g/mol. The largest absolute Gasteiger partial charge is 0.509 e. The molecule has 9 aromatic rings. The lowest BCUT2D eigenvalue weighted by Crippen LogP contribution is -2.20. The molecule has 0 bridgehead atoms. The number of phenolic OH excluding ortho intramolecular Hbond substituents is 9. The van der Waals surface area contributed by atoms with Gasteiger partial charge in [0, 0.05) is 22.8 Å². The second kappa shape index (κ2) is 13.5. The van der Waals surface area contributed by atoms with Crippen molar-refractivity contribution in [1.82, 2.24) is 0 Å². The Labute approximate surface area is 354 Å². The normalized spacial score (nSPS) is 14.6. The summed E-state index contributed by atoms with van der Waals surface area (Å²) in [6.07, 6.45) is -2.31. The summed E-state index contributed by atoms with van der Waals surface area (Å²) >= 11 is 0. The molecule has 1 unspecified atom stereocenters. The van der Waals surface area contributed by atoms with Crippen LogP contribution in [0.2, 0.25) is 0 Å². The summed E-state index contributed by atoms with van der Waals surface area (Å²) in [4.78, 5) is 0. The zero-order chi connectivity index (χ0) is 44.5. The Morgan fingerprint density at radius 1 is 0.444 bits per heavy atom. The van der Waals surface area contributed by atoms with E-state index < -0.39 is 98.1 Å². The molecule has 15 heteroatoms. The molecule has 1 heterocycles. The first-order valence-electron chi connectivity index (χ1n) is 19.4. The van der Waals surface area contributed by atoms with Gasteiger partial charge in [0.15, 0.2) is 34.3 Å². The lowest BCUT2D eigenvalue weighted by Gasteiger charge is -2.24. The Kier molecular flexibility index (Phi) is 8.26. The number of benzene rings is 8. The molecule has 0 aliphatic heterocycles. The minimum Gasteiger partial charge on any atom is -0.509 e. The minimum atomic E-state index is -1.74. The standard InChI is InChI=1S/C48H33BO14/c49-36-40(55)35-32(43(58)44(36)59)31(33-37(52)24(50)16-25(51)38(33)53)39(54)34-30-23(10-5-11-26(30)63-48(34)35)29-21-8-3-1-6-19(21)27(20-7-2-4-9-22(20)29)17-12-14-18(15-13-17)28-41(56)45(60)47(62)46(61)42(28)57/h1-15,24,50-62H,16,49H2. The van der Waals surface area contributed by atoms with Gasteiger partial charge in [0.1, 0.15) is 42.6 Å². The topological polar surface area (TPSA) is 276 Å². The fourth-order valence-electron chi connectivity index (χ4n) is 9.09. The summed E-state index contributed by atoms with van der Waals surface area (Å²) in [7, 11) is 1.34. The fraction of sp³-hybridized carbons (Fsp3) is 0.0417. The van der Waals surface area contributed by atoms with Crippen molar-refractivity contribution in [2.24, 2.45) is 0 Å². The van der Waals surface area contributed by atoms with Gasteiger partial charge in [-0.05, 0) is 60.9 Å². The highest BCUT2D eigenvalue weighted by Crippen LogP contribution is 2.57. The van der Waals surface area contributed by atoms with Crippen LogP contribution in [-0.4, -0.2) is 80.3 Å². The number of aromatic hydroxyl groups is 9. The van der Waals surface area contributed by atoms with E-state index in [1.807, 2.05) is 48.5 Å². The van der Waals surface area contributed by atoms with Gasteiger partial charge in [-0.25, -0.2) is 0 Å². The molecule has 1 aliphatic rings. The van der Waals surface area contributed by atoms with Gasteiger partial charge in [0.05, 0.1) is 21.9 Å². The molecule has 0 spiro atoms. The second-order valence-electron chi connectivity index (χ2n) is 15.4. The molecule has 0 amide bonds. The van der Waals surface area contributed by atoms with Gasteiger partial charge in [0.25, 0.3) is 0 Å². The van der Waals surface area contributed by atoms with Crippen molar-refractivity contribution in [3.63, 3.8) is 0 Å². The van der Waals surface area contributed by atoms with Crippen molar-refractivity contribution in [2.45, 2.75) is 12.5 Å². The fourth-order valence-corrected chi connectivity index (χ4v) is 9.09. The van der Waals surface area contributed by atoms with Crippen LogP contribution < -0.4 is 5.46 Å². The summed E-state index contributed by atoms with van der Waals surface area (Å²) in [5, 5.41) is 145. The predicted octanol–water partition coefficient (Wildman–Crippen LogP) is 8.02. The van der Waals surface area contributed by atoms with Crippen molar-refractivity contribution in [3.8, 4) is 85.1 Å². The van der Waals surface area contributed by atoms with Crippen LogP contribution in [0, 0.1) is 0 Å². The Morgan fingerprint density at radius 3 is 1.52 bits per heavy atom. The number of aliphatic hydroxyl groups excluding tert-OH is 4. The third-order valence-electron chi connectivity index (χ3n) is 12.1. The van der Waals surface area contributed by atoms with Gasteiger partial charge < -0.3 is 70.8 Å². The highest BCUT2D eigenvalue weighted by molar-refractivity contribution is 6.41. The van der Waals surface area contributed by atoms with Gasteiger partial charge >= 0.3 is 0 Å². The van der Waals surface area contributed by atoms with Crippen LogP contribution in [0.3, 0.4) is 0 Å². The lowest BCUT2D eigenvalue weighted by atomic mass is 9.82. The number of hydrogen-bond acceptors (Lipinski definition) is 14. The molecular formula is C48H33BO14. The summed E-state index contributed by atoms with van der Waals surface area (Å²) in [5.41, 5.74) is 1.30. The van der Waals surface area contributed by atoms with E-state index in [0.717, 1.165) is 27.1 Å². The lowest BCUT2D eigenvalue weighted by molar-refractivity contribution is 0.131. The van der Waals surface area contributed by atoms with E-state index in [4.69, 9.17) is 4.42 Å². The number of aliphatic hydroxyl groups is 4. The average Bonchev–Trinajstić information content (AvgIpc) is 3.69. The molecule has 13 N–H and O–H groups in total. The summed E-state index contributed by atoms with van der Waals surface area (Å²) in [5.74, 6) is -10.1. The van der Waals surface area contributed by atoms with Gasteiger partial charge in [-0.2, -0.15) is 0 Å². The Bertz CT molecular complexity index is 3500. The molecule has 8 aromatic carbocycles. The number of phenols is 9. The molecule has 0 fully saturated rings. The van der Waals surface area contributed by atoms with E-state index in [2.05, 4.69) is 0 Å². The minimum absolute atomic E-state index is 0.0406. The molecule has 0 saturated heterocycles. The van der Waals surface area contributed by atoms with E-state index in [-0.39, 0.29) is 38.5 Å². The maximum absolute atomic E-state index is 12.5. The van der Waals surface area contributed by atoms with Crippen LogP contribution in [0.1, 0.15) is 12.0 Å². The van der Waals surface area contributed by atoms with Crippen LogP contribution >= 0.6 is 0 Å². The zero-order valence-corrected chi connectivity index (χ0v) is 32.7. The molecule has 1 aromatic heterocycles. The van der Waals surface area contributed by atoms with Gasteiger partial charge in [0.2, 0.25) is 17.2 Å². The average molecular weight is 845 g/mol. The van der Waals surface area contributed by atoms with Gasteiger partial charge in [-0.15, -0.1) is 0 Å². The number of hydrogen-bond donors (Lipinski definition) is 13. The second-order valence-corrected chi connectivity index (χ2v) is 15.4. The van der Waals surface area contributed by atoms with E-state index in [1.165, 1.54) is 7.85 Å². The first-order valence-corrected chi connectivity index (χ1v) is 19.4. The monoisotopic (exact) mass is 844 g/mol. The van der Waals surface area contributed by atoms with E-state index >= 15 is 0 Å². The van der Waals surface area contributed by atoms with Crippen molar-refractivity contribution in [3.05, 3.63) is 114 Å². The van der Waals surface area contributed by atoms with Crippen LogP contribution in [0.15, 0.2) is 113 Å². The van der Waals surface area contributed by atoms with Crippen LogP contribution in [0.25, 0.3) is 93.2 Å². The Balaban J connectivity index is 1.30. The zero-order valence-electron chi connectivity index (χ0n) is 32.7. The highest BCUT2D eigenvalue weighted by atomic mass is 16.4. The Hall–Kier alpha value is -8.56. The molecule has 0 radical (unpaired) electrons. The van der Waals surface area contributed by atoms with Gasteiger partial charge in [-0.1, -0.05) is 84.9 Å². The van der Waals surface area contributed by atoms with Gasteiger partial charge in [-0.3, -0.25) is 0 Å². The van der Waals surface area contributed by atoms with Crippen molar-refractivity contribution in [1.29, 1.82) is 0 Å². The molecule has 1 aliphatic carbocycles. The van der Waals surface area contributed by atoms with Crippen molar-refractivity contribution in [2.75, 3.05) is 0 Å². The SMILES string of the molecule is Bc1c(O)c(O)c2c(C3=C(O)C(O)CC(O)=C3O)c(O)c3c(oc4cccc(-c5c6ccccc6c(-c6ccc(-c7c(O)c(O)c(O)c(O)c7O)cc6)c6ccccc56)c43)c2c1O. The molecule has 63 heavy (non-hydrogen) atoms. The summed E-state index contributed by atoms with van der Waals surface area (Å²) in [6, 6.07) is 26.8. The smallest absolute Gasteiger partial charge is 0.208 e. The number of furan rings is 1. The van der Waals surface area contributed by atoms with E-state index in [1.54, 1.807) is 42.5 Å². The predicted molar refractivity (Wildman–Crippen MR) is 238 cm³/mol. The quantitative estimate of drug-likeness (QED) is 0.0346. The van der Waals surface area contributed by atoms with Crippen molar-refractivity contribution >= 4 is 73.1 Å². The first-order chi connectivity index (χ1) is 30.1. The van der Waals surface area contributed by atoms with Crippen LogP contribution in [-0.2, 0) is 0 Å². The van der Waals surface area contributed by atoms with Crippen LogP contribution in [0.4, 0.5) is 0 Å². The molecule has 14 nitrogen and oxygen atoms in total. The molecule has 0 saturated carbocycles. The van der Waals surface area contributed by atoms with E-state index in [9.17, 15) is 66.4 Å². The summed E-state index contributed by atoms with van der Waals surface area (Å²) in [6.45, 7) is 0. The first kappa shape index (κ1) is 38.6. The van der Waals surface area contributed by atoms with Crippen molar-refractivity contribution < 1.29 is 70.8 Å². The molecule has 1 atom stereocenters. The van der Waals surface area contributed by atoms with Crippen LogP contribution in [0.5, 0.6) is 51.7 Å². The molecule has 10 rings (SSSR count). The molecule has 312 valence electrons. The Morgan fingerprint density at radius 2 is 0.952 bits per heavy atom. The maximum atomic E-state index is 12.5. The van der Waals surface area contributed by atoms with E-state index in [0.29, 0.717) is 22.1 Å². The number of rotatable bonds is 4. The third-order valence-corrected chi connectivity index (χ3v) is 12.1. The third kappa shape index (κ3) is 5.17. The highest BCUT2D eigenvalue weighted by Gasteiger charge is 2.37. The number of allylic oxidation sites excluding steroid dienone is 1. The summed E-state index contributed by atoms with van der Waals surface area (Å²) < 4.78 is 6.44.